The van der Waals surface area contributed by atoms with Crippen molar-refractivity contribution in [2.45, 2.75) is 13.1 Å². The molecule has 2 aromatic heterocycles. The van der Waals surface area contributed by atoms with Crippen molar-refractivity contribution in [1.29, 1.82) is 0 Å². The summed E-state index contributed by atoms with van der Waals surface area (Å²) < 4.78 is 6.31. The van der Waals surface area contributed by atoms with Crippen molar-refractivity contribution in [2.24, 2.45) is 0 Å². The molecule has 0 radical (unpaired) electrons. The molecule has 3 aromatic rings. The summed E-state index contributed by atoms with van der Waals surface area (Å²) in [4.78, 5) is 18.1. The number of hydrogen-bond donors (Lipinski definition) is 1. The van der Waals surface area contributed by atoms with Crippen LogP contribution < -0.4 is 5.32 Å². The van der Waals surface area contributed by atoms with Crippen LogP contribution in [0.2, 0.25) is 0 Å². The third-order valence-electron chi connectivity index (χ3n) is 3.05. The number of thiazole rings is 1. The van der Waals surface area contributed by atoms with Gasteiger partial charge in [-0.1, -0.05) is 12.1 Å². The molecule has 108 valence electrons. The van der Waals surface area contributed by atoms with Crippen LogP contribution in [-0.2, 0) is 13.1 Å². The first kappa shape index (κ1) is 13.6. The monoisotopic (exact) mass is 301 g/mol. The van der Waals surface area contributed by atoms with E-state index in [1.165, 1.54) is 0 Å². The second kappa shape index (κ2) is 5.97. The number of para-hydroxylation sites is 1. The summed E-state index contributed by atoms with van der Waals surface area (Å²) >= 11 is 1.61. The van der Waals surface area contributed by atoms with Gasteiger partial charge in [0.2, 0.25) is 0 Å². The van der Waals surface area contributed by atoms with Gasteiger partial charge >= 0.3 is 6.03 Å². The van der Waals surface area contributed by atoms with Gasteiger partial charge in [-0.05, 0) is 24.3 Å². The Labute approximate surface area is 126 Å². The average Bonchev–Trinajstić information content (AvgIpc) is 3.13. The van der Waals surface area contributed by atoms with Crippen LogP contribution in [0.5, 0.6) is 0 Å². The molecule has 0 aliphatic heterocycles. The van der Waals surface area contributed by atoms with Crippen molar-refractivity contribution in [3.63, 3.8) is 0 Å². The molecule has 5 nitrogen and oxygen atoms in total. The van der Waals surface area contributed by atoms with Gasteiger partial charge in [0, 0.05) is 7.05 Å². The molecule has 3 rings (SSSR count). The summed E-state index contributed by atoms with van der Waals surface area (Å²) in [5.74, 6) is 0.733. The van der Waals surface area contributed by atoms with E-state index in [1.54, 1.807) is 35.6 Å². The number of carbonyl (C=O) groups is 1. The molecule has 0 fully saturated rings. The van der Waals surface area contributed by atoms with E-state index < -0.39 is 0 Å². The molecule has 6 heteroatoms. The Kier molecular flexibility index (Phi) is 3.87. The predicted molar refractivity (Wildman–Crippen MR) is 82.0 cm³/mol. The number of amides is 2. The van der Waals surface area contributed by atoms with Crippen molar-refractivity contribution in [3.8, 4) is 0 Å². The highest BCUT2D eigenvalue weighted by atomic mass is 32.1. The predicted octanol–water partition coefficient (Wildman–Crippen LogP) is 3.23. The van der Waals surface area contributed by atoms with Crippen molar-refractivity contribution in [3.05, 3.63) is 53.4 Å². The summed E-state index contributed by atoms with van der Waals surface area (Å²) in [5, 5.41) is 3.73. The minimum atomic E-state index is -0.148. The normalized spacial score (nSPS) is 10.7. The molecular formula is C15H15N3O2S. The molecule has 0 saturated heterocycles. The van der Waals surface area contributed by atoms with Crippen LogP contribution >= 0.6 is 11.3 Å². The second-order valence-corrected chi connectivity index (χ2v) is 5.78. The Balaban J connectivity index is 1.59. The highest BCUT2D eigenvalue weighted by Gasteiger charge is 2.12. The van der Waals surface area contributed by atoms with E-state index in [4.69, 9.17) is 4.42 Å². The number of benzene rings is 1. The molecule has 0 atom stereocenters. The largest absolute Gasteiger partial charge is 0.467 e. The van der Waals surface area contributed by atoms with E-state index in [-0.39, 0.29) is 6.03 Å². The Hall–Kier alpha value is -2.34. The summed E-state index contributed by atoms with van der Waals surface area (Å²) in [6.45, 7) is 0.874. The number of carbonyl (C=O) groups excluding carboxylic acids is 1. The third-order valence-corrected chi connectivity index (χ3v) is 4.07. The van der Waals surface area contributed by atoms with Crippen molar-refractivity contribution < 1.29 is 9.21 Å². The van der Waals surface area contributed by atoms with E-state index in [1.807, 2.05) is 30.3 Å². The zero-order valence-electron chi connectivity index (χ0n) is 11.6. The number of rotatable bonds is 4. The van der Waals surface area contributed by atoms with Gasteiger partial charge in [0.05, 0.1) is 29.6 Å². The first-order valence-corrected chi connectivity index (χ1v) is 7.40. The molecule has 0 aliphatic rings. The first-order valence-electron chi connectivity index (χ1n) is 6.58. The maximum atomic E-state index is 12.0. The topological polar surface area (TPSA) is 58.4 Å². The van der Waals surface area contributed by atoms with Gasteiger partial charge in [-0.25, -0.2) is 9.78 Å². The molecule has 0 saturated carbocycles. The average molecular weight is 301 g/mol. The zero-order valence-corrected chi connectivity index (χ0v) is 12.4. The van der Waals surface area contributed by atoms with Crippen LogP contribution in [0.15, 0.2) is 47.1 Å². The molecule has 2 heterocycles. The van der Waals surface area contributed by atoms with Crippen molar-refractivity contribution in [1.82, 2.24) is 15.2 Å². The number of nitrogens with zero attached hydrogens (tertiary/aromatic N) is 2. The Morgan fingerprint density at radius 2 is 2.19 bits per heavy atom. The SMILES string of the molecule is CN(Cc1nc2ccccc2s1)C(=O)NCc1ccco1. The number of urea groups is 1. The van der Waals surface area contributed by atoms with E-state index in [0.717, 1.165) is 21.0 Å². The molecule has 0 spiro atoms. The molecule has 0 bridgehead atoms. The standard InChI is InChI=1S/C15H15N3O2S/c1-18(15(19)16-9-11-5-4-8-20-11)10-14-17-12-6-2-3-7-13(12)21-14/h2-8H,9-10H2,1H3,(H,16,19). The van der Waals surface area contributed by atoms with Crippen LogP contribution in [0, 0.1) is 0 Å². The maximum absolute atomic E-state index is 12.0. The zero-order chi connectivity index (χ0) is 14.7. The van der Waals surface area contributed by atoms with Gasteiger partial charge < -0.3 is 14.6 Å². The quantitative estimate of drug-likeness (QED) is 0.805. The fourth-order valence-corrected chi connectivity index (χ4v) is 2.99. The van der Waals surface area contributed by atoms with Gasteiger partial charge in [-0.15, -0.1) is 11.3 Å². The van der Waals surface area contributed by atoms with Crippen LogP contribution in [0.25, 0.3) is 10.2 Å². The lowest BCUT2D eigenvalue weighted by molar-refractivity contribution is 0.205. The number of furan rings is 1. The molecule has 0 unspecified atom stereocenters. The van der Waals surface area contributed by atoms with Gasteiger partial charge in [-0.3, -0.25) is 0 Å². The maximum Gasteiger partial charge on any atom is 0.317 e. The lowest BCUT2D eigenvalue weighted by atomic mass is 10.3. The van der Waals surface area contributed by atoms with E-state index in [2.05, 4.69) is 10.3 Å². The highest BCUT2D eigenvalue weighted by molar-refractivity contribution is 7.18. The molecule has 0 aliphatic carbocycles. The highest BCUT2D eigenvalue weighted by Crippen LogP contribution is 2.22. The second-order valence-electron chi connectivity index (χ2n) is 4.67. The summed E-state index contributed by atoms with van der Waals surface area (Å²) in [5.41, 5.74) is 0.974. The minimum absolute atomic E-state index is 0.148. The Morgan fingerprint density at radius 1 is 1.33 bits per heavy atom. The molecule has 21 heavy (non-hydrogen) atoms. The Morgan fingerprint density at radius 3 is 2.95 bits per heavy atom. The van der Waals surface area contributed by atoms with E-state index >= 15 is 0 Å². The smallest absolute Gasteiger partial charge is 0.317 e. The lowest BCUT2D eigenvalue weighted by Crippen LogP contribution is -2.36. The fraction of sp³-hybridized carbons (Fsp3) is 0.200. The van der Waals surface area contributed by atoms with Crippen LogP contribution in [0.4, 0.5) is 4.79 Å². The van der Waals surface area contributed by atoms with Crippen molar-refractivity contribution >= 4 is 27.6 Å². The molecule has 1 aromatic carbocycles. The third kappa shape index (κ3) is 3.22. The van der Waals surface area contributed by atoms with Crippen LogP contribution in [-0.4, -0.2) is 23.0 Å². The first-order chi connectivity index (χ1) is 10.2. The van der Waals surface area contributed by atoms with Gasteiger partial charge in [-0.2, -0.15) is 0 Å². The van der Waals surface area contributed by atoms with E-state index in [0.29, 0.717) is 13.1 Å². The minimum Gasteiger partial charge on any atom is -0.467 e. The lowest BCUT2D eigenvalue weighted by Gasteiger charge is -2.15. The van der Waals surface area contributed by atoms with Crippen LogP contribution in [0.3, 0.4) is 0 Å². The van der Waals surface area contributed by atoms with Gasteiger partial charge in [0.25, 0.3) is 0 Å². The number of nitrogens with one attached hydrogen (secondary N) is 1. The fourth-order valence-electron chi connectivity index (χ4n) is 1.97. The number of fused-ring (bicyclic) bond motifs is 1. The summed E-state index contributed by atoms with van der Waals surface area (Å²) in [7, 11) is 1.75. The van der Waals surface area contributed by atoms with E-state index in [9.17, 15) is 4.79 Å². The summed E-state index contributed by atoms with van der Waals surface area (Å²) in [6.07, 6.45) is 1.59. The number of aromatic nitrogens is 1. The molecular weight excluding hydrogens is 286 g/mol. The van der Waals surface area contributed by atoms with Gasteiger partial charge in [0.1, 0.15) is 10.8 Å². The van der Waals surface area contributed by atoms with Crippen molar-refractivity contribution in [2.75, 3.05) is 7.05 Å². The van der Waals surface area contributed by atoms with Crippen LogP contribution in [0.1, 0.15) is 10.8 Å². The Bertz CT molecular complexity index is 703. The molecule has 1 N–H and O–H groups in total. The number of hydrogen-bond acceptors (Lipinski definition) is 4. The molecule has 2 amide bonds. The van der Waals surface area contributed by atoms with Gasteiger partial charge in [0.15, 0.2) is 0 Å². The summed E-state index contributed by atoms with van der Waals surface area (Å²) in [6, 6.07) is 11.4.